The smallest absolute Gasteiger partial charge is 0.302 e. The van der Waals surface area contributed by atoms with Gasteiger partial charge in [0.2, 0.25) is 23.6 Å². The fourth-order valence-electron chi connectivity index (χ4n) is 1.42. The lowest BCUT2D eigenvalue weighted by molar-refractivity contribution is -0.763. The first-order valence-electron chi connectivity index (χ1n) is 6.15. The Labute approximate surface area is 128 Å². The molecule has 0 aromatic carbocycles. The Morgan fingerprint density at radius 3 is 3.18 bits per heavy atom. The van der Waals surface area contributed by atoms with E-state index >= 15 is 0 Å². The fraction of sp³-hybridized carbons (Fsp3) is 0.364. The summed E-state index contributed by atoms with van der Waals surface area (Å²) in [5.41, 5.74) is -0.496. The van der Waals surface area contributed by atoms with Crippen molar-refractivity contribution in [3.63, 3.8) is 0 Å². The Morgan fingerprint density at radius 1 is 1.64 bits per heavy atom. The molecule has 2 rings (SSSR count). The maximum Gasteiger partial charge on any atom is 0.302 e. The molecule has 0 spiro atoms. The van der Waals surface area contributed by atoms with Crippen LogP contribution in [0.2, 0.25) is 0 Å². The number of amides is 1. The average molecular weight is 328 g/mol. The van der Waals surface area contributed by atoms with Crippen LogP contribution in [0, 0.1) is 0 Å². The average Bonchev–Trinajstić information content (AvgIpc) is 2.89. The number of thioether (sulfide) groups is 1. The highest BCUT2D eigenvalue weighted by Crippen LogP contribution is 2.13. The lowest BCUT2D eigenvalue weighted by Crippen LogP contribution is -2.36. The number of hydrogen-bond acceptors (Lipinski definition) is 8. The van der Waals surface area contributed by atoms with E-state index in [4.69, 9.17) is 9.26 Å². The molecule has 0 bridgehead atoms. The second-order valence-electron chi connectivity index (χ2n) is 4.07. The largest absolute Gasteiger partial charge is 0.493 e. The quantitative estimate of drug-likeness (QED) is 0.339. The third kappa shape index (κ3) is 4.86. The van der Waals surface area contributed by atoms with Gasteiger partial charge in [-0.1, -0.05) is 11.8 Å². The van der Waals surface area contributed by atoms with Crippen molar-refractivity contribution in [1.29, 1.82) is 0 Å². The number of aromatic hydroxyl groups is 1. The molecule has 3 N–H and O–H groups in total. The molecule has 0 radical (unpaired) electrons. The van der Waals surface area contributed by atoms with E-state index in [0.717, 1.165) is 17.8 Å². The predicted molar refractivity (Wildman–Crippen MR) is 74.5 cm³/mol. The van der Waals surface area contributed by atoms with E-state index in [0.29, 0.717) is 13.2 Å². The molecule has 22 heavy (non-hydrogen) atoms. The van der Waals surface area contributed by atoms with Crippen LogP contribution < -0.4 is 15.6 Å². The van der Waals surface area contributed by atoms with Crippen molar-refractivity contribution in [2.24, 2.45) is 0 Å². The molecule has 0 aliphatic rings. The number of carbonyl (C=O) groups is 1. The summed E-state index contributed by atoms with van der Waals surface area (Å²) < 4.78 is 11.3. The number of nitrogens with zero attached hydrogens (tertiary/aromatic N) is 3. The molecular weight excluding hydrogens is 314 g/mol. The van der Waals surface area contributed by atoms with Gasteiger partial charge in [0.15, 0.2) is 5.16 Å². The summed E-state index contributed by atoms with van der Waals surface area (Å²) in [6, 6.07) is 0.942. The first kappa shape index (κ1) is 16.0. The van der Waals surface area contributed by atoms with Gasteiger partial charge in [-0.25, -0.2) is 0 Å². The molecule has 0 unspecified atom stereocenters. The number of methoxy groups -OCH3 is 1. The number of aromatic amines is 1. The third-order valence-corrected chi connectivity index (χ3v) is 3.22. The minimum Gasteiger partial charge on any atom is -0.493 e. The minimum absolute atomic E-state index is 0.0227. The summed E-state index contributed by atoms with van der Waals surface area (Å²) in [5, 5.41) is 15.5. The predicted octanol–water partition coefficient (Wildman–Crippen LogP) is -0.872. The number of ether oxygens (including phenoxy) is 1. The van der Waals surface area contributed by atoms with Crippen LogP contribution >= 0.6 is 11.8 Å². The van der Waals surface area contributed by atoms with Crippen molar-refractivity contribution in [3.05, 3.63) is 22.6 Å². The van der Waals surface area contributed by atoms with Crippen molar-refractivity contribution in [2.45, 2.75) is 11.7 Å². The maximum atomic E-state index is 11.7. The Hall–Kier alpha value is -2.40. The maximum absolute atomic E-state index is 11.7. The number of rotatable bonds is 7. The summed E-state index contributed by atoms with van der Waals surface area (Å²) in [4.78, 5) is 29.0. The molecule has 0 aliphatic carbocycles. The zero-order valence-corrected chi connectivity index (χ0v) is 12.4. The van der Waals surface area contributed by atoms with E-state index < -0.39 is 11.4 Å². The number of anilines is 1. The number of aromatic nitrogens is 4. The van der Waals surface area contributed by atoms with E-state index in [9.17, 15) is 14.7 Å². The van der Waals surface area contributed by atoms with Crippen LogP contribution in [0.4, 0.5) is 5.88 Å². The van der Waals surface area contributed by atoms with Gasteiger partial charge < -0.3 is 14.8 Å². The zero-order valence-electron chi connectivity index (χ0n) is 11.6. The molecule has 2 aromatic heterocycles. The highest BCUT2D eigenvalue weighted by molar-refractivity contribution is 7.99. The molecule has 0 fully saturated rings. The minimum atomic E-state index is -0.496. The van der Waals surface area contributed by atoms with Crippen LogP contribution in [0.3, 0.4) is 0 Å². The van der Waals surface area contributed by atoms with Gasteiger partial charge in [0.1, 0.15) is 6.61 Å². The summed E-state index contributed by atoms with van der Waals surface area (Å²) in [7, 11) is 1.57. The normalized spacial score (nSPS) is 10.6. The second kappa shape index (κ2) is 7.56. The molecule has 0 atom stereocenters. The summed E-state index contributed by atoms with van der Waals surface area (Å²) in [6.45, 7) is 0.968. The molecule has 118 valence electrons. The van der Waals surface area contributed by atoms with E-state index in [-0.39, 0.29) is 22.7 Å². The molecule has 0 aliphatic heterocycles. The second-order valence-corrected chi connectivity index (χ2v) is 5.03. The molecule has 10 nitrogen and oxygen atoms in total. The van der Waals surface area contributed by atoms with Crippen molar-refractivity contribution in [1.82, 2.24) is 15.2 Å². The van der Waals surface area contributed by atoms with Gasteiger partial charge in [-0.05, 0) is 4.68 Å². The SMILES string of the molecule is COCC[n+]1cc(NC(=O)CSc2nc(O)cc(=O)[nH]2)on1. The first-order chi connectivity index (χ1) is 10.6. The van der Waals surface area contributed by atoms with E-state index in [1.807, 2.05) is 0 Å². The van der Waals surface area contributed by atoms with Gasteiger partial charge in [-0.3, -0.25) is 19.4 Å². The highest BCUT2D eigenvalue weighted by atomic mass is 32.2. The first-order valence-corrected chi connectivity index (χ1v) is 7.14. The number of nitrogens with one attached hydrogen (secondary N) is 2. The molecular formula is C11H14N5O5S+. The van der Waals surface area contributed by atoms with Crippen LogP contribution in [0.1, 0.15) is 0 Å². The molecule has 1 amide bonds. The van der Waals surface area contributed by atoms with E-state index in [1.54, 1.807) is 7.11 Å². The van der Waals surface area contributed by atoms with Gasteiger partial charge in [0, 0.05) is 7.11 Å². The monoisotopic (exact) mass is 328 g/mol. The van der Waals surface area contributed by atoms with Gasteiger partial charge in [-0.15, -0.1) is 0 Å². The molecule has 0 saturated carbocycles. The summed E-state index contributed by atoms with van der Waals surface area (Å²) in [5.74, 6) is -0.600. The lowest BCUT2D eigenvalue weighted by atomic mass is 10.6. The van der Waals surface area contributed by atoms with Crippen molar-refractivity contribution in [3.8, 4) is 5.88 Å². The molecule has 2 heterocycles. The number of H-pyrrole nitrogens is 1. The molecule has 2 aromatic rings. The Morgan fingerprint density at radius 2 is 2.45 bits per heavy atom. The van der Waals surface area contributed by atoms with Crippen LogP contribution in [0.25, 0.3) is 0 Å². The van der Waals surface area contributed by atoms with Crippen molar-refractivity contribution >= 4 is 23.6 Å². The fourth-order valence-corrected chi connectivity index (χ4v) is 2.09. The highest BCUT2D eigenvalue weighted by Gasteiger charge is 2.14. The lowest BCUT2D eigenvalue weighted by Gasteiger charge is -2.00. The van der Waals surface area contributed by atoms with Gasteiger partial charge in [0.25, 0.3) is 11.8 Å². The number of hydrogen-bond donors (Lipinski definition) is 3. The van der Waals surface area contributed by atoms with Gasteiger partial charge in [0.05, 0.1) is 11.8 Å². The van der Waals surface area contributed by atoms with Crippen LogP contribution in [0.5, 0.6) is 5.88 Å². The van der Waals surface area contributed by atoms with Crippen molar-refractivity contribution < 1.29 is 23.8 Å². The third-order valence-electron chi connectivity index (χ3n) is 2.34. The Balaban J connectivity index is 1.85. The van der Waals surface area contributed by atoms with Crippen molar-refractivity contribution in [2.75, 3.05) is 24.8 Å². The summed E-state index contributed by atoms with van der Waals surface area (Å²) in [6.07, 6.45) is 1.52. The van der Waals surface area contributed by atoms with Crippen LogP contribution in [0.15, 0.2) is 26.7 Å². The topological polar surface area (TPSA) is 134 Å². The van der Waals surface area contributed by atoms with Crippen LogP contribution in [-0.2, 0) is 16.1 Å². The standard InChI is InChI=1S/C11H13N5O5S/c1-20-3-2-16-5-10(21-15-16)12-9(19)6-22-11-13-7(17)4-8(18)14-11/h4-5H,2-3,6H2,1H3,(H2-,12,13,14,15,17,18,19)/p+1. The van der Waals surface area contributed by atoms with E-state index in [1.165, 1.54) is 10.9 Å². The van der Waals surface area contributed by atoms with E-state index in [2.05, 4.69) is 20.6 Å². The van der Waals surface area contributed by atoms with Crippen LogP contribution in [-0.4, -0.2) is 45.7 Å². The number of carbonyl (C=O) groups excluding carboxylic acids is 1. The summed E-state index contributed by atoms with van der Waals surface area (Å²) >= 11 is 0.969. The zero-order chi connectivity index (χ0) is 15.9. The molecule has 11 heteroatoms. The Bertz CT molecular complexity index is 700. The van der Waals surface area contributed by atoms with Gasteiger partial charge in [-0.2, -0.15) is 4.98 Å². The van der Waals surface area contributed by atoms with Gasteiger partial charge >= 0.3 is 5.88 Å². The molecule has 0 saturated heterocycles. The Kier molecular flexibility index (Phi) is 5.49.